The third-order valence-corrected chi connectivity index (χ3v) is 3.05. The second-order valence-electron chi connectivity index (χ2n) is 4.74. The second-order valence-corrected chi connectivity index (χ2v) is 4.74. The molecule has 8 heteroatoms. The Labute approximate surface area is 124 Å². The van der Waals surface area contributed by atoms with E-state index in [2.05, 4.69) is 5.32 Å². The molecule has 2 atom stereocenters. The Morgan fingerprint density at radius 3 is 2.45 bits per heavy atom. The lowest BCUT2D eigenvalue weighted by Crippen LogP contribution is -2.48. The Hall–Kier alpha value is -2.56. The zero-order valence-electron chi connectivity index (χ0n) is 11.6. The van der Waals surface area contributed by atoms with Gasteiger partial charge < -0.3 is 11.1 Å². The summed E-state index contributed by atoms with van der Waals surface area (Å²) in [5, 5.41) is 10.8. The van der Waals surface area contributed by atoms with Crippen LogP contribution in [0.25, 0.3) is 0 Å². The minimum atomic E-state index is -4.70. The lowest BCUT2D eigenvalue weighted by atomic mass is 9.97. The van der Waals surface area contributed by atoms with Crippen LogP contribution in [0, 0.1) is 17.2 Å². The molecule has 0 aliphatic carbocycles. The molecule has 0 radical (unpaired) electrons. The van der Waals surface area contributed by atoms with Crippen LogP contribution in [0.2, 0.25) is 0 Å². The van der Waals surface area contributed by atoms with E-state index < -0.39 is 41.1 Å². The van der Waals surface area contributed by atoms with Crippen molar-refractivity contribution in [3.63, 3.8) is 0 Å². The van der Waals surface area contributed by atoms with Gasteiger partial charge >= 0.3 is 6.18 Å². The van der Waals surface area contributed by atoms with Gasteiger partial charge in [0.1, 0.15) is 6.04 Å². The number of halogens is 3. The van der Waals surface area contributed by atoms with E-state index in [9.17, 15) is 22.8 Å². The summed E-state index contributed by atoms with van der Waals surface area (Å²) < 4.78 is 38.6. The van der Waals surface area contributed by atoms with Crippen LogP contribution in [0.3, 0.4) is 0 Å². The minimum absolute atomic E-state index is 0.0746. The second kappa shape index (κ2) is 6.93. The van der Waals surface area contributed by atoms with Gasteiger partial charge in [-0.25, -0.2) is 0 Å². The molecule has 0 aliphatic heterocycles. The van der Waals surface area contributed by atoms with Crippen molar-refractivity contribution < 1.29 is 22.8 Å². The van der Waals surface area contributed by atoms with Crippen LogP contribution in [0.1, 0.15) is 29.3 Å². The standard InChI is InChI=1S/C14H14F3N3O2/c1-8(6-7-18)11(12(19)21)20-13(22)9-4-2-3-5-10(9)14(15,16)17/h2-5,8,11H,6H2,1H3,(H2,19,21)(H,20,22)/t8-,11-/m0/s1. The van der Waals surface area contributed by atoms with Crippen LogP contribution in [0.15, 0.2) is 24.3 Å². The number of nitrogens with one attached hydrogen (secondary N) is 1. The summed E-state index contributed by atoms with van der Waals surface area (Å²) in [7, 11) is 0. The molecule has 0 heterocycles. The SMILES string of the molecule is C[C@@H](CC#N)[C@H](NC(=O)c1ccccc1C(F)(F)F)C(N)=O. The van der Waals surface area contributed by atoms with Crippen molar-refractivity contribution >= 4 is 11.8 Å². The summed E-state index contributed by atoms with van der Waals surface area (Å²) in [6, 6.07) is 4.80. The third kappa shape index (κ3) is 4.22. The van der Waals surface area contributed by atoms with Crippen LogP contribution >= 0.6 is 0 Å². The molecule has 0 bridgehead atoms. The number of carbonyl (C=O) groups is 2. The first-order chi connectivity index (χ1) is 10.2. The van der Waals surface area contributed by atoms with E-state index in [1.54, 1.807) is 0 Å². The van der Waals surface area contributed by atoms with E-state index in [0.29, 0.717) is 0 Å². The Balaban J connectivity index is 3.07. The Kier molecular flexibility index (Phi) is 5.51. The molecular weight excluding hydrogens is 299 g/mol. The van der Waals surface area contributed by atoms with Gasteiger partial charge in [-0.1, -0.05) is 19.1 Å². The van der Waals surface area contributed by atoms with Crippen LogP contribution in [0.5, 0.6) is 0 Å². The van der Waals surface area contributed by atoms with Crippen molar-refractivity contribution in [2.75, 3.05) is 0 Å². The minimum Gasteiger partial charge on any atom is -0.368 e. The van der Waals surface area contributed by atoms with Crippen molar-refractivity contribution in [3.8, 4) is 6.07 Å². The highest BCUT2D eigenvalue weighted by atomic mass is 19.4. The van der Waals surface area contributed by atoms with Crippen molar-refractivity contribution in [1.82, 2.24) is 5.32 Å². The van der Waals surface area contributed by atoms with E-state index in [0.717, 1.165) is 18.2 Å². The van der Waals surface area contributed by atoms with E-state index in [1.807, 2.05) is 6.07 Å². The summed E-state index contributed by atoms with van der Waals surface area (Å²) in [5.41, 5.74) is 3.42. The van der Waals surface area contributed by atoms with Gasteiger partial charge in [-0.15, -0.1) is 0 Å². The zero-order chi connectivity index (χ0) is 16.9. The summed E-state index contributed by atoms with van der Waals surface area (Å²) in [5.74, 6) is -2.60. The molecule has 0 aliphatic rings. The molecule has 118 valence electrons. The number of nitrogens with zero attached hydrogens (tertiary/aromatic N) is 1. The number of benzene rings is 1. The average molecular weight is 313 g/mol. The van der Waals surface area contributed by atoms with Crippen molar-refractivity contribution in [3.05, 3.63) is 35.4 Å². The predicted molar refractivity (Wildman–Crippen MR) is 71.3 cm³/mol. The smallest absolute Gasteiger partial charge is 0.368 e. The normalized spacial score (nSPS) is 13.8. The van der Waals surface area contributed by atoms with Crippen molar-refractivity contribution in [2.45, 2.75) is 25.6 Å². The zero-order valence-corrected chi connectivity index (χ0v) is 11.6. The molecule has 0 saturated heterocycles. The van der Waals surface area contributed by atoms with E-state index >= 15 is 0 Å². The number of amides is 2. The van der Waals surface area contributed by atoms with Crippen LogP contribution in [-0.2, 0) is 11.0 Å². The molecule has 1 rings (SSSR count). The Bertz CT molecular complexity index is 608. The van der Waals surface area contributed by atoms with Crippen molar-refractivity contribution in [1.29, 1.82) is 5.26 Å². The molecule has 22 heavy (non-hydrogen) atoms. The first kappa shape index (κ1) is 17.5. The van der Waals surface area contributed by atoms with Crippen LogP contribution < -0.4 is 11.1 Å². The van der Waals surface area contributed by atoms with Gasteiger partial charge in [-0.2, -0.15) is 18.4 Å². The van der Waals surface area contributed by atoms with Gasteiger partial charge in [0, 0.05) is 6.42 Å². The Morgan fingerprint density at radius 2 is 1.95 bits per heavy atom. The fourth-order valence-electron chi connectivity index (χ4n) is 1.90. The molecule has 0 saturated carbocycles. The molecular formula is C14H14F3N3O2. The maximum absolute atomic E-state index is 12.9. The number of hydrogen-bond donors (Lipinski definition) is 2. The van der Waals surface area contributed by atoms with Crippen molar-refractivity contribution in [2.24, 2.45) is 11.7 Å². The first-order valence-corrected chi connectivity index (χ1v) is 6.31. The summed E-state index contributed by atoms with van der Waals surface area (Å²) >= 11 is 0. The number of alkyl halides is 3. The number of hydrogen-bond acceptors (Lipinski definition) is 3. The lowest BCUT2D eigenvalue weighted by Gasteiger charge is -2.21. The Morgan fingerprint density at radius 1 is 1.36 bits per heavy atom. The molecule has 1 aromatic rings. The number of nitrogens with two attached hydrogens (primary N) is 1. The van der Waals surface area contributed by atoms with Gasteiger partial charge in [-0.05, 0) is 18.1 Å². The van der Waals surface area contributed by atoms with Gasteiger partial charge in [0.2, 0.25) is 5.91 Å². The fraction of sp³-hybridized carbons (Fsp3) is 0.357. The van der Waals surface area contributed by atoms with E-state index in [1.165, 1.54) is 13.0 Å². The lowest BCUT2D eigenvalue weighted by molar-refractivity contribution is -0.137. The van der Waals surface area contributed by atoms with Gasteiger partial charge in [0.05, 0.1) is 17.2 Å². The van der Waals surface area contributed by atoms with Gasteiger partial charge in [0.15, 0.2) is 0 Å². The maximum atomic E-state index is 12.9. The summed E-state index contributed by atoms with van der Waals surface area (Å²) in [4.78, 5) is 23.4. The van der Waals surface area contributed by atoms with E-state index in [-0.39, 0.29) is 6.42 Å². The number of primary amides is 1. The number of nitriles is 1. The fourth-order valence-corrected chi connectivity index (χ4v) is 1.90. The first-order valence-electron chi connectivity index (χ1n) is 6.31. The highest BCUT2D eigenvalue weighted by molar-refractivity contribution is 5.98. The highest BCUT2D eigenvalue weighted by Gasteiger charge is 2.36. The van der Waals surface area contributed by atoms with Gasteiger partial charge in [-0.3, -0.25) is 9.59 Å². The largest absolute Gasteiger partial charge is 0.417 e. The average Bonchev–Trinajstić information content (AvgIpc) is 2.43. The van der Waals surface area contributed by atoms with Crippen LogP contribution in [-0.4, -0.2) is 17.9 Å². The number of carbonyl (C=O) groups excluding carboxylic acids is 2. The molecule has 0 unspecified atom stereocenters. The third-order valence-electron chi connectivity index (χ3n) is 3.05. The molecule has 0 spiro atoms. The maximum Gasteiger partial charge on any atom is 0.417 e. The topological polar surface area (TPSA) is 96.0 Å². The predicted octanol–water partition coefficient (Wildman–Crippen LogP) is 1.84. The van der Waals surface area contributed by atoms with Gasteiger partial charge in [0.25, 0.3) is 5.91 Å². The molecule has 5 nitrogen and oxygen atoms in total. The van der Waals surface area contributed by atoms with Crippen LogP contribution in [0.4, 0.5) is 13.2 Å². The van der Waals surface area contributed by atoms with E-state index in [4.69, 9.17) is 11.0 Å². The highest BCUT2D eigenvalue weighted by Crippen LogP contribution is 2.31. The molecule has 0 fully saturated rings. The molecule has 2 amide bonds. The quantitative estimate of drug-likeness (QED) is 0.868. The molecule has 3 N–H and O–H groups in total. The molecule has 1 aromatic carbocycles. The number of rotatable bonds is 5. The molecule has 0 aromatic heterocycles. The summed E-state index contributed by atoms with van der Waals surface area (Å²) in [6.07, 6.45) is -4.77. The summed E-state index contributed by atoms with van der Waals surface area (Å²) in [6.45, 7) is 1.49. The monoisotopic (exact) mass is 313 g/mol.